The molecule has 0 bridgehead atoms. The molecule has 0 spiro atoms. The topological polar surface area (TPSA) is 96.5 Å². The Morgan fingerprint density at radius 3 is 2.17 bits per heavy atom. The van der Waals surface area contributed by atoms with Crippen LogP contribution >= 0.6 is 0 Å². The molecule has 3 amide bonds. The van der Waals surface area contributed by atoms with E-state index in [-0.39, 0.29) is 12.6 Å². The summed E-state index contributed by atoms with van der Waals surface area (Å²) in [5.41, 5.74) is 0.872. The highest BCUT2D eigenvalue weighted by Crippen LogP contribution is 2.06. The summed E-state index contributed by atoms with van der Waals surface area (Å²) in [5, 5.41) is 7.92. The van der Waals surface area contributed by atoms with Gasteiger partial charge >= 0.3 is 12.0 Å². The number of carbonyl (C=O) groups excluding carboxylic acids is 3. The maximum absolute atomic E-state index is 12.2. The molecule has 0 radical (unpaired) electrons. The molecule has 0 heterocycles. The first-order valence-electron chi connectivity index (χ1n) is 11.0. The minimum absolute atomic E-state index is 0.148. The summed E-state index contributed by atoms with van der Waals surface area (Å²) in [4.78, 5) is 36.2. The molecule has 0 saturated heterocycles. The molecule has 30 heavy (non-hydrogen) atoms. The number of esters is 1. The molecule has 7 nitrogen and oxygen atoms in total. The Morgan fingerprint density at radius 1 is 0.867 bits per heavy atom. The van der Waals surface area contributed by atoms with Crippen LogP contribution in [0.3, 0.4) is 0 Å². The van der Waals surface area contributed by atoms with Crippen molar-refractivity contribution < 1.29 is 19.1 Å². The SMILES string of the molecule is CCCCCCCCCNC(=O)N[C@@H](C)C(=O)N[C@@H](C)C(=O)OCc1ccccc1. The van der Waals surface area contributed by atoms with Crippen LogP contribution in [0.4, 0.5) is 4.79 Å². The van der Waals surface area contributed by atoms with Crippen LogP contribution in [-0.4, -0.2) is 36.5 Å². The lowest BCUT2D eigenvalue weighted by molar-refractivity contribution is -0.148. The number of nitrogens with one attached hydrogen (secondary N) is 3. The summed E-state index contributed by atoms with van der Waals surface area (Å²) >= 11 is 0. The molecular weight excluding hydrogens is 382 g/mol. The molecule has 3 N–H and O–H groups in total. The molecule has 1 aromatic carbocycles. The van der Waals surface area contributed by atoms with Crippen molar-refractivity contribution in [1.82, 2.24) is 16.0 Å². The number of amides is 3. The van der Waals surface area contributed by atoms with Crippen LogP contribution < -0.4 is 16.0 Å². The molecule has 0 fully saturated rings. The minimum Gasteiger partial charge on any atom is -0.459 e. The molecule has 1 aromatic rings. The number of unbranched alkanes of at least 4 members (excludes halogenated alkanes) is 6. The maximum Gasteiger partial charge on any atom is 0.328 e. The van der Waals surface area contributed by atoms with Gasteiger partial charge in [-0.25, -0.2) is 9.59 Å². The van der Waals surface area contributed by atoms with Crippen LogP contribution in [0.2, 0.25) is 0 Å². The second kappa shape index (κ2) is 15.3. The van der Waals surface area contributed by atoms with Gasteiger partial charge < -0.3 is 20.7 Å². The van der Waals surface area contributed by atoms with Crippen molar-refractivity contribution in [2.45, 2.75) is 84.4 Å². The summed E-state index contributed by atoms with van der Waals surface area (Å²) in [7, 11) is 0. The van der Waals surface area contributed by atoms with Crippen LogP contribution in [0.1, 0.15) is 71.3 Å². The van der Waals surface area contributed by atoms with E-state index in [1.807, 2.05) is 30.3 Å². The number of ether oxygens (including phenoxy) is 1. The third kappa shape index (κ3) is 11.4. The van der Waals surface area contributed by atoms with Gasteiger partial charge in [0.1, 0.15) is 18.7 Å². The fourth-order valence-electron chi connectivity index (χ4n) is 2.85. The Balaban J connectivity index is 2.18. The first-order chi connectivity index (χ1) is 14.4. The zero-order valence-corrected chi connectivity index (χ0v) is 18.5. The summed E-state index contributed by atoms with van der Waals surface area (Å²) in [6.45, 7) is 6.05. The van der Waals surface area contributed by atoms with Crippen LogP contribution in [0.5, 0.6) is 0 Å². The number of benzene rings is 1. The number of urea groups is 1. The van der Waals surface area contributed by atoms with Crippen LogP contribution in [0.15, 0.2) is 30.3 Å². The summed E-state index contributed by atoms with van der Waals surface area (Å²) < 4.78 is 5.21. The Morgan fingerprint density at radius 2 is 1.50 bits per heavy atom. The molecule has 7 heteroatoms. The predicted molar refractivity (Wildman–Crippen MR) is 118 cm³/mol. The smallest absolute Gasteiger partial charge is 0.328 e. The van der Waals surface area contributed by atoms with E-state index in [1.54, 1.807) is 13.8 Å². The van der Waals surface area contributed by atoms with Gasteiger partial charge in [0.25, 0.3) is 0 Å². The second-order valence-electron chi connectivity index (χ2n) is 7.57. The molecular formula is C23H37N3O4. The fraction of sp³-hybridized carbons (Fsp3) is 0.609. The van der Waals surface area contributed by atoms with E-state index in [4.69, 9.17) is 4.74 Å². The highest BCUT2D eigenvalue weighted by molar-refractivity contribution is 5.89. The van der Waals surface area contributed by atoms with Crippen molar-refractivity contribution in [2.75, 3.05) is 6.54 Å². The highest BCUT2D eigenvalue weighted by Gasteiger charge is 2.21. The van der Waals surface area contributed by atoms with Gasteiger partial charge in [0.2, 0.25) is 5.91 Å². The number of hydrogen-bond acceptors (Lipinski definition) is 4. The number of carbonyl (C=O) groups is 3. The number of rotatable bonds is 14. The molecule has 0 unspecified atom stereocenters. The summed E-state index contributed by atoms with van der Waals surface area (Å²) in [6, 6.07) is 7.36. The van der Waals surface area contributed by atoms with Crippen LogP contribution in [0.25, 0.3) is 0 Å². The molecule has 0 aliphatic heterocycles. The standard InChI is InChI=1S/C23H37N3O4/c1-4-5-6-7-8-9-13-16-24-23(29)26-18(2)21(27)25-19(3)22(28)30-17-20-14-11-10-12-15-20/h10-12,14-15,18-19H,4-9,13,16-17H2,1-3H3,(H,25,27)(H2,24,26,29)/t18-,19-/m0/s1. The van der Waals surface area contributed by atoms with Crippen molar-refractivity contribution in [3.63, 3.8) is 0 Å². The van der Waals surface area contributed by atoms with Gasteiger partial charge in [0, 0.05) is 6.54 Å². The first-order valence-corrected chi connectivity index (χ1v) is 11.0. The Hall–Kier alpha value is -2.57. The van der Waals surface area contributed by atoms with Crippen molar-refractivity contribution in [1.29, 1.82) is 0 Å². The lowest BCUT2D eigenvalue weighted by Crippen LogP contribution is -2.51. The molecule has 168 valence electrons. The average Bonchev–Trinajstić information content (AvgIpc) is 2.74. The summed E-state index contributed by atoms with van der Waals surface area (Å²) in [6.07, 6.45) is 8.22. The molecule has 0 aromatic heterocycles. The lowest BCUT2D eigenvalue weighted by atomic mass is 10.1. The lowest BCUT2D eigenvalue weighted by Gasteiger charge is -2.18. The van der Waals surface area contributed by atoms with E-state index in [0.717, 1.165) is 18.4 Å². The zero-order valence-electron chi connectivity index (χ0n) is 18.5. The van der Waals surface area contributed by atoms with Gasteiger partial charge in [-0.05, 0) is 25.8 Å². The second-order valence-corrected chi connectivity index (χ2v) is 7.57. The van der Waals surface area contributed by atoms with Gasteiger partial charge in [0.15, 0.2) is 0 Å². The fourth-order valence-corrected chi connectivity index (χ4v) is 2.85. The van der Waals surface area contributed by atoms with E-state index in [2.05, 4.69) is 22.9 Å². The Bertz CT molecular complexity index is 637. The quantitative estimate of drug-likeness (QED) is 0.317. The van der Waals surface area contributed by atoms with Gasteiger partial charge in [-0.15, -0.1) is 0 Å². The third-order valence-corrected chi connectivity index (χ3v) is 4.74. The third-order valence-electron chi connectivity index (χ3n) is 4.74. The van der Waals surface area contributed by atoms with Crippen molar-refractivity contribution >= 4 is 17.9 Å². The van der Waals surface area contributed by atoms with Gasteiger partial charge in [0.05, 0.1) is 0 Å². The van der Waals surface area contributed by atoms with Crippen molar-refractivity contribution in [2.24, 2.45) is 0 Å². The molecule has 1 rings (SSSR count). The normalized spacial score (nSPS) is 12.5. The van der Waals surface area contributed by atoms with Crippen LogP contribution in [0, 0.1) is 0 Å². The van der Waals surface area contributed by atoms with E-state index in [0.29, 0.717) is 6.54 Å². The van der Waals surface area contributed by atoms with Crippen LogP contribution in [-0.2, 0) is 20.9 Å². The summed E-state index contributed by atoms with van der Waals surface area (Å²) in [5.74, 6) is -0.965. The maximum atomic E-state index is 12.2. The van der Waals surface area contributed by atoms with E-state index >= 15 is 0 Å². The van der Waals surface area contributed by atoms with Gasteiger partial charge in [-0.1, -0.05) is 75.8 Å². The number of hydrogen-bond donors (Lipinski definition) is 3. The minimum atomic E-state index is -0.804. The molecule has 2 atom stereocenters. The molecule has 0 aliphatic rings. The van der Waals surface area contributed by atoms with Gasteiger partial charge in [-0.3, -0.25) is 4.79 Å². The highest BCUT2D eigenvalue weighted by atomic mass is 16.5. The van der Waals surface area contributed by atoms with Gasteiger partial charge in [-0.2, -0.15) is 0 Å². The predicted octanol–water partition coefficient (Wildman–Crippen LogP) is 3.67. The van der Waals surface area contributed by atoms with Crippen molar-refractivity contribution in [3.05, 3.63) is 35.9 Å². The monoisotopic (exact) mass is 419 g/mol. The van der Waals surface area contributed by atoms with Crippen molar-refractivity contribution in [3.8, 4) is 0 Å². The Kier molecular flexibility index (Phi) is 13.0. The molecule has 0 aliphatic carbocycles. The zero-order chi connectivity index (χ0) is 22.2. The van der Waals surface area contributed by atoms with E-state index in [9.17, 15) is 14.4 Å². The average molecular weight is 420 g/mol. The Labute approximate surface area is 180 Å². The van der Waals surface area contributed by atoms with E-state index < -0.39 is 24.0 Å². The van der Waals surface area contributed by atoms with E-state index in [1.165, 1.54) is 32.1 Å². The first kappa shape index (κ1) is 25.5. The largest absolute Gasteiger partial charge is 0.459 e. The molecule has 0 saturated carbocycles.